The van der Waals surface area contributed by atoms with E-state index < -0.39 is 0 Å². The van der Waals surface area contributed by atoms with Crippen molar-refractivity contribution in [3.63, 3.8) is 0 Å². The Morgan fingerprint density at radius 2 is 1.67 bits per heavy atom. The molecule has 0 aliphatic carbocycles. The second-order valence-electron chi connectivity index (χ2n) is 6.61. The van der Waals surface area contributed by atoms with Gasteiger partial charge in [-0.1, -0.05) is 50.6 Å². The first kappa shape index (κ1) is 15.2. The van der Waals surface area contributed by atoms with Crippen molar-refractivity contribution >= 4 is 0 Å². The number of benzene rings is 1. The summed E-state index contributed by atoms with van der Waals surface area (Å²) in [4.78, 5) is 0. The third kappa shape index (κ3) is 6.20. The van der Waals surface area contributed by atoms with Crippen molar-refractivity contribution in [2.75, 3.05) is 7.05 Å². The minimum absolute atomic E-state index is 0.443. The molecule has 0 aliphatic rings. The average molecular weight is 247 g/mol. The summed E-state index contributed by atoms with van der Waals surface area (Å²) in [6, 6.07) is 9.57. The lowest BCUT2D eigenvalue weighted by molar-refractivity contribution is 0.329. The third-order valence-electron chi connectivity index (χ3n) is 3.55. The molecule has 0 heterocycles. The molecule has 1 heteroatoms. The predicted octanol–water partition coefficient (Wildman–Crippen LogP) is 4.34. The van der Waals surface area contributed by atoms with Crippen LogP contribution in [0.15, 0.2) is 24.3 Å². The van der Waals surface area contributed by atoms with Crippen LogP contribution in [0.5, 0.6) is 0 Å². The quantitative estimate of drug-likeness (QED) is 0.788. The van der Waals surface area contributed by atoms with Crippen molar-refractivity contribution in [2.45, 2.75) is 59.4 Å². The first-order valence-electron chi connectivity index (χ1n) is 7.13. The minimum atomic E-state index is 0.443. The van der Waals surface area contributed by atoms with Crippen LogP contribution >= 0.6 is 0 Å². The summed E-state index contributed by atoms with van der Waals surface area (Å²) in [6.45, 7) is 9.10. The molecule has 0 saturated heterocycles. The molecule has 0 fully saturated rings. The van der Waals surface area contributed by atoms with Crippen LogP contribution in [0.25, 0.3) is 0 Å². The summed E-state index contributed by atoms with van der Waals surface area (Å²) >= 11 is 0. The molecule has 0 aliphatic heterocycles. The van der Waals surface area contributed by atoms with Crippen LogP contribution in [-0.2, 0) is 6.42 Å². The van der Waals surface area contributed by atoms with E-state index in [9.17, 15) is 0 Å². The predicted molar refractivity (Wildman–Crippen MR) is 81.0 cm³/mol. The minimum Gasteiger partial charge on any atom is -0.317 e. The fourth-order valence-corrected chi connectivity index (χ4v) is 2.14. The third-order valence-corrected chi connectivity index (χ3v) is 3.55. The number of hydrogen-bond donors (Lipinski definition) is 1. The van der Waals surface area contributed by atoms with E-state index in [-0.39, 0.29) is 0 Å². The molecular formula is C17H29N. The van der Waals surface area contributed by atoms with E-state index in [2.05, 4.69) is 64.3 Å². The van der Waals surface area contributed by atoms with E-state index in [1.54, 1.807) is 0 Å². The molecule has 1 nitrogen and oxygen atoms in total. The fourth-order valence-electron chi connectivity index (χ4n) is 2.14. The average Bonchev–Trinajstić information content (AvgIpc) is 2.30. The Morgan fingerprint density at radius 1 is 1.06 bits per heavy atom. The van der Waals surface area contributed by atoms with Gasteiger partial charge in [0.2, 0.25) is 0 Å². The smallest absolute Gasteiger partial charge is 0.00674 e. The van der Waals surface area contributed by atoms with E-state index in [0.717, 1.165) is 0 Å². The van der Waals surface area contributed by atoms with Crippen LogP contribution in [0.3, 0.4) is 0 Å². The maximum atomic E-state index is 3.46. The summed E-state index contributed by atoms with van der Waals surface area (Å²) in [5.74, 6) is 0. The zero-order chi connectivity index (χ0) is 13.6. The lowest BCUT2D eigenvalue weighted by Gasteiger charge is -2.23. The SMILES string of the molecule is CNC(CCc1ccc(C)cc1)CCC(C)(C)C. The Hall–Kier alpha value is -0.820. The van der Waals surface area contributed by atoms with Crippen molar-refractivity contribution < 1.29 is 0 Å². The van der Waals surface area contributed by atoms with Gasteiger partial charge in [0.25, 0.3) is 0 Å². The Labute approximate surface area is 113 Å². The summed E-state index contributed by atoms with van der Waals surface area (Å²) in [6.07, 6.45) is 4.96. The normalized spacial score (nSPS) is 13.6. The van der Waals surface area contributed by atoms with Crippen molar-refractivity contribution in [1.82, 2.24) is 5.32 Å². The highest BCUT2D eigenvalue weighted by atomic mass is 14.9. The van der Waals surface area contributed by atoms with Crippen molar-refractivity contribution in [2.24, 2.45) is 5.41 Å². The summed E-state index contributed by atoms with van der Waals surface area (Å²) < 4.78 is 0. The van der Waals surface area contributed by atoms with E-state index in [4.69, 9.17) is 0 Å². The van der Waals surface area contributed by atoms with Crippen molar-refractivity contribution in [3.05, 3.63) is 35.4 Å². The fraction of sp³-hybridized carbons (Fsp3) is 0.647. The number of hydrogen-bond acceptors (Lipinski definition) is 1. The van der Waals surface area contributed by atoms with Crippen LogP contribution in [0.4, 0.5) is 0 Å². The molecule has 1 aromatic rings. The zero-order valence-corrected chi connectivity index (χ0v) is 12.7. The largest absolute Gasteiger partial charge is 0.317 e. The lowest BCUT2D eigenvalue weighted by atomic mass is 9.87. The van der Waals surface area contributed by atoms with Crippen LogP contribution in [0.1, 0.15) is 51.2 Å². The van der Waals surface area contributed by atoms with Gasteiger partial charge in [-0.25, -0.2) is 0 Å². The van der Waals surface area contributed by atoms with E-state index >= 15 is 0 Å². The Kier molecular flexibility index (Phi) is 5.87. The molecule has 0 amide bonds. The van der Waals surface area contributed by atoms with Gasteiger partial charge in [0, 0.05) is 6.04 Å². The molecule has 1 N–H and O–H groups in total. The molecule has 102 valence electrons. The Balaban J connectivity index is 2.37. The van der Waals surface area contributed by atoms with Gasteiger partial charge in [-0.3, -0.25) is 0 Å². The Morgan fingerprint density at radius 3 is 2.17 bits per heavy atom. The van der Waals surface area contributed by atoms with Gasteiger partial charge in [0.05, 0.1) is 0 Å². The first-order chi connectivity index (χ1) is 8.40. The molecule has 1 atom stereocenters. The molecule has 1 unspecified atom stereocenters. The van der Waals surface area contributed by atoms with Crippen molar-refractivity contribution in [1.29, 1.82) is 0 Å². The molecule has 0 saturated carbocycles. The topological polar surface area (TPSA) is 12.0 Å². The molecular weight excluding hydrogens is 218 g/mol. The molecule has 0 bridgehead atoms. The Bertz CT molecular complexity index is 332. The number of rotatable bonds is 6. The highest BCUT2D eigenvalue weighted by Gasteiger charge is 2.14. The van der Waals surface area contributed by atoms with E-state index in [1.807, 2.05) is 0 Å². The molecule has 1 rings (SSSR count). The van der Waals surface area contributed by atoms with Gasteiger partial charge in [-0.05, 0) is 50.6 Å². The lowest BCUT2D eigenvalue weighted by Crippen LogP contribution is -2.27. The molecule has 0 aromatic heterocycles. The van der Waals surface area contributed by atoms with E-state index in [1.165, 1.54) is 36.8 Å². The molecule has 0 spiro atoms. The number of aryl methyl sites for hydroxylation is 2. The standard InChI is InChI=1S/C17H29N/c1-14-6-8-15(9-7-14)10-11-16(18-5)12-13-17(2,3)4/h6-9,16,18H,10-13H2,1-5H3. The van der Waals surface area contributed by atoms with Crippen LogP contribution < -0.4 is 5.32 Å². The second-order valence-corrected chi connectivity index (χ2v) is 6.61. The summed E-state index contributed by atoms with van der Waals surface area (Å²) in [5.41, 5.74) is 3.24. The molecule has 1 aromatic carbocycles. The van der Waals surface area contributed by atoms with Crippen LogP contribution in [0, 0.1) is 12.3 Å². The van der Waals surface area contributed by atoms with Gasteiger partial charge in [-0.15, -0.1) is 0 Å². The zero-order valence-electron chi connectivity index (χ0n) is 12.7. The summed E-state index contributed by atoms with van der Waals surface area (Å²) in [5, 5.41) is 3.46. The first-order valence-corrected chi connectivity index (χ1v) is 7.13. The van der Waals surface area contributed by atoms with Gasteiger partial charge in [-0.2, -0.15) is 0 Å². The highest BCUT2D eigenvalue weighted by Crippen LogP contribution is 2.22. The van der Waals surface area contributed by atoms with Crippen LogP contribution in [-0.4, -0.2) is 13.1 Å². The maximum absolute atomic E-state index is 3.46. The molecule has 18 heavy (non-hydrogen) atoms. The molecule has 0 radical (unpaired) electrons. The monoisotopic (exact) mass is 247 g/mol. The van der Waals surface area contributed by atoms with E-state index in [0.29, 0.717) is 11.5 Å². The second kappa shape index (κ2) is 6.94. The highest BCUT2D eigenvalue weighted by molar-refractivity contribution is 5.21. The van der Waals surface area contributed by atoms with Crippen molar-refractivity contribution in [3.8, 4) is 0 Å². The van der Waals surface area contributed by atoms with Crippen LogP contribution in [0.2, 0.25) is 0 Å². The number of nitrogens with one attached hydrogen (secondary N) is 1. The van der Waals surface area contributed by atoms with Gasteiger partial charge < -0.3 is 5.32 Å². The van der Waals surface area contributed by atoms with Gasteiger partial charge in [0.15, 0.2) is 0 Å². The maximum Gasteiger partial charge on any atom is 0.00674 e. The van der Waals surface area contributed by atoms with Gasteiger partial charge in [0.1, 0.15) is 0 Å². The summed E-state index contributed by atoms with van der Waals surface area (Å²) in [7, 11) is 2.09. The van der Waals surface area contributed by atoms with Gasteiger partial charge >= 0.3 is 0 Å².